The molecule has 0 saturated carbocycles. The first kappa shape index (κ1) is 18.7. The molecule has 0 radical (unpaired) electrons. The number of likely N-dealkylation sites (N-methyl/N-ethyl adjacent to an activating group) is 1. The van der Waals surface area contributed by atoms with Crippen LogP contribution in [0.25, 0.3) is 0 Å². The lowest BCUT2D eigenvalue weighted by Crippen LogP contribution is -2.32. The maximum atomic E-state index is 12.4. The van der Waals surface area contributed by atoms with Crippen LogP contribution in [-0.2, 0) is 16.0 Å². The first-order chi connectivity index (χ1) is 11.6. The van der Waals surface area contributed by atoms with Crippen LogP contribution in [0.15, 0.2) is 24.3 Å². The Hall–Kier alpha value is -1.59. The number of carbonyl (C=O) groups is 1. The molecule has 1 atom stereocenters. The lowest BCUT2D eigenvalue weighted by atomic mass is 10.1. The highest BCUT2D eigenvalue weighted by atomic mass is 16.5. The van der Waals surface area contributed by atoms with Crippen molar-refractivity contribution >= 4 is 11.6 Å². The van der Waals surface area contributed by atoms with Crippen molar-refractivity contribution in [3.8, 4) is 0 Å². The number of hydrogen-bond donors (Lipinski definition) is 1. The molecule has 1 aliphatic rings. The number of nitrogen functional groups attached to an aromatic ring is 1. The van der Waals surface area contributed by atoms with Crippen molar-refractivity contribution in [1.82, 2.24) is 9.80 Å². The van der Waals surface area contributed by atoms with Gasteiger partial charge in [0.05, 0.1) is 12.7 Å². The van der Waals surface area contributed by atoms with Crippen molar-refractivity contribution in [3.63, 3.8) is 0 Å². The molecule has 1 aromatic rings. The van der Waals surface area contributed by atoms with Gasteiger partial charge >= 0.3 is 0 Å². The molecule has 0 aliphatic carbocycles. The summed E-state index contributed by atoms with van der Waals surface area (Å²) in [4.78, 5) is 16.7. The molecular weight excluding hydrogens is 302 g/mol. The molecule has 1 unspecified atom stereocenters. The number of carbonyl (C=O) groups excluding carboxylic acids is 1. The van der Waals surface area contributed by atoms with Crippen LogP contribution < -0.4 is 5.73 Å². The smallest absolute Gasteiger partial charge is 0.222 e. The summed E-state index contributed by atoms with van der Waals surface area (Å²) < 4.78 is 5.94. The molecule has 1 saturated heterocycles. The summed E-state index contributed by atoms with van der Waals surface area (Å²) >= 11 is 0. The van der Waals surface area contributed by atoms with E-state index in [1.165, 1.54) is 0 Å². The molecule has 2 N–H and O–H groups in total. The van der Waals surface area contributed by atoms with E-state index in [0.29, 0.717) is 12.8 Å². The number of aryl methyl sites for hydroxylation is 1. The normalized spacial score (nSPS) is 17.6. The monoisotopic (exact) mass is 333 g/mol. The highest BCUT2D eigenvalue weighted by Gasteiger charge is 2.26. The van der Waals surface area contributed by atoms with Crippen LogP contribution in [0.3, 0.4) is 0 Å². The minimum atomic E-state index is 0.186. The number of benzene rings is 1. The highest BCUT2D eigenvalue weighted by Crippen LogP contribution is 2.17. The van der Waals surface area contributed by atoms with E-state index in [9.17, 15) is 4.79 Å². The first-order valence-corrected chi connectivity index (χ1v) is 9.09. The number of nitrogens with zero attached hydrogens (tertiary/aromatic N) is 2. The average Bonchev–Trinajstić information content (AvgIpc) is 3.07. The molecule has 0 spiro atoms. The predicted molar refractivity (Wildman–Crippen MR) is 97.9 cm³/mol. The molecular formula is C19H31N3O2. The zero-order valence-electron chi connectivity index (χ0n) is 15.0. The Balaban J connectivity index is 1.69. The Morgan fingerprint density at radius 1 is 1.33 bits per heavy atom. The lowest BCUT2D eigenvalue weighted by Gasteiger charge is -2.20. The lowest BCUT2D eigenvalue weighted by molar-refractivity contribution is -0.130. The maximum absolute atomic E-state index is 12.4. The summed E-state index contributed by atoms with van der Waals surface area (Å²) in [6.45, 7) is 9.67. The molecule has 1 aromatic carbocycles. The highest BCUT2D eigenvalue weighted by molar-refractivity contribution is 5.77. The summed E-state index contributed by atoms with van der Waals surface area (Å²) in [5.41, 5.74) is 7.76. The van der Waals surface area contributed by atoms with E-state index in [-0.39, 0.29) is 12.0 Å². The predicted octanol–water partition coefficient (Wildman–Crippen LogP) is 2.16. The van der Waals surface area contributed by atoms with Gasteiger partial charge in [0.25, 0.3) is 0 Å². The van der Waals surface area contributed by atoms with E-state index in [0.717, 1.165) is 57.0 Å². The number of hydrogen-bond acceptors (Lipinski definition) is 4. The molecule has 5 nitrogen and oxygen atoms in total. The standard InChI is InChI=1S/C19H31N3O2/c1-3-21(4-2)13-14-24-17-11-12-22(15-17)19(23)10-9-16-7-5-6-8-18(16)20/h5-8,17H,3-4,9-15,20H2,1-2H3. The van der Waals surface area contributed by atoms with Crippen LogP contribution in [0.2, 0.25) is 0 Å². The largest absolute Gasteiger partial charge is 0.399 e. The molecule has 1 aliphatic heterocycles. The van der Waals surface area contributed by atoms with Gasteiger partial charge in [0, 0.05) is 31.7 Å². The summed E-state index contributed by atoms with van der Waals surface area (Å²) in [7, 11) is 0. The van der Waals surface area contributed by atoms with Crippen LogP contribution in [0.5, 0.6) is 0 Å². The third-order valence-electron chi connectivity index (χ3n) is 4.82. The summed E-state index contributed by atoms with van der Waals surface area (Å²) in [5.74, 6) is 0.202. The van der Waals surface area contributed by atoms with Crippen LogP contribution in [0.4, 0.5) is 5.69 Å². The number of amides is 1. The zero-order chi connectivity index (χ0) is 17.4. The molecule has 5 heteroatoms. The molecule has 134 valence electrons. The Kier molecular flexibility index (Phi) is 7.53. The van der Waals surface area contributed by atoms with E-state index in [2.05, 4.69) is 18.7 Å². The molecule has 0 aromatic heterocycles. The minimum Gasteiger partial charge on any atom is -0.399 e. The van der Waals surface area contributed by atoms with Crippen molar-refractivity contribution in [2.24, 2.45) is 0 Å². The Morgan fingerprint density at radius 3 is 2.79 bits per heavy atom. The molecule has 1 heterocycles. The van der Waals surface area contributed by atoms with Gasteiger partial charge in [0.15, 0.2) is 0 Å². The van der Waals surface area contributed by atoms with Gasteiger partial charge in [-0.1, -0.05) is 32.0 Å². The SMILES string of the molecule is CCN(CC)CCOC1CCN(C(=O)CCc2ccccc2N)C1. The summed E-state index contributed by atoms with van der Waals surface area (Å²) in [6, 6.07) is 7.76. The second-order valence-corrected chi connectivity index (χ2v) is 6.35. The van der Waals surface area contributed by atoms with Crippen molar-refractivity contribution < 1.29 is 9.53 Å². The second kappa shape index (κ2) is 9.64. The van der Waals surface area contributed by atoms with Gasteiger partial charge < -0.3 is 20.3 Å². The topological polar surface area (TPSA) is 58.8 Å². The number of likely N-dealkylation sites (tertiary alicyclic amines) is 1. The van der Waals surface area contributed by atoms with Gasteiger partial charge in [0.2, 0.25) is 5.91 Å². The quantitative estimate of drug-likeness (QED) is 0.704. The third kappa shape index (κ3) is 5.49. The second-order valence-electron chi connectivity index (χ2n) is 6.35. The average molecular weight is 333 g/mol. The number of para-hydroxylation sites is 1. The van der Waals surface area contributed by atoms with Gasteiger partial charge in [-0.25, -0.2) is 0 Å². The van der Waals surface area contributed by atoms with Gasteiger partial charge in [0.1, 0.15) is 0 Å². The van der Waals surface area contributed by atoms with Gasteiger partial charge in [-0.15, -0.1) is 0 Å². The van der Waals surface area contributed by atoms with Crippen LogP contribution in [-0.4, -0.2) is 61.1 Å². The van der Waals surface area contributed by atoms with Crippen molar-refractivity contribution in [2.45, 2.75) is 39.2 Å². The minimum absolute atomic E-state index is 0.186. The fourth-order valence-corrected chi connectivity index (χ4v) is 3.14. The fraction of sp³-hybridized carbons (Fsp3) is 0.632. The fourth-order valence-electron chi connectivity index (χ4n) is 3.14. The summed E-state index contributed by atoms with van der Waals surface area (Å²) in [5, 5.41) is 0. The maximum Gasteiger partial charge on any atom is 0.222 e. The van der Waals surface area contributed by atoms with E-state index in [1.54, 1.807) is 0 Å². The van der Waals surface area contributed by atoms with E-state index >= 15 is 0 Å². The first-order valence-electron chi connectivity index (χ1n) is 9.09. The van der Waals surface area contributed by atoms with Crippen molar-refractivity contribution in [2.75, 3.05) is 45.1 Å². The van der Waals surface area contributed by atoms with Gasteiger partial charge in [-0.2, -0.15) is 0 Å². The van der Waals surface area contributed by atoms with E-state index < -0.39 is 0 Å². The Bertz CT molecular complexity index is 517. The molecule has 0 bridgehead atoms. The van der Waals surface area contributed by atoms with Gasteiger partial charge in [-0.05, 0) is 37.6 Å². The molecule has 2 rings (SSSR count). The molecule has 24 heavy (non-hydrogen) atoms. The van der Waals surface area contributed by atoms with E-state index in [1.807, 2.05) is 29.2 Å². The Labute approximate surface area is 145 Å². The van der Waals surface area contributed by atoms with E-state index in [4.69, 9.17) is 10.5 Å². The van der Waals surface area contributed by atoms with Crippen LogP contribution in [0, 0.1) is 0 Å². The third-order valence-corrected chi connectivity index (χ3v) is 4.82. The van der Waals surface area contributed by atoms with Gasteiger partial charge in [-0.3, -0.25) is 4.79 Å². The molecule has 1 fully saturated rings. The van der Waals surface area contributed by atoms with Crippen molar-refractivity contribution in [3.05, 3.63) is 29.8 Å². The number of ether oxygens (including phenoxy) is 1. The number of rotatable bonds is 9. The van der Waals surface area contributed by atoms with Crippen LogP contribution in [0.1, 0.15) is 32.3 Å². The zero-order valence-corrected chi connectivity index (χ0v) is 15.0. The number of anilines is 1. The van der Waals surface area contributed by atoms with Crippen molar-refractivity contribution in [1.29, 1.82) is 0 Å². The Morgan fingerprint density at radius 2 is 2.08 bits per heavy atom. The van der Waals surface area contributed by atoms with Crippen LogP contribution >= 0.6 is 0 Å². The summed E-state index contributed by atoms with van der Waals surface area (Å²) in [6.07, 6.45) is 2.35. The number of nitrogens with two attached hydrogens (primary N) is 1. The molecule has 1 amide bonds.